The van der Waals surface area contributed by atoms with Gasteiger partial charge in [-0.25, -0.2) is 4.79 Å². The molecule has 0 aliphatic rings. The lowest BCUT2D eigenvalue weighted by Crippen LogP contribution is -2.46. The van der Waals surface area contributed by atoms with Crippen molar-refractivity contribution >= 4 is 13.3 Å². The third-order valence-corrected chi connectivity index (χ3v) is 4.76. The number of carbonyl (C=O) groups excluding carboxylic acids is 1. The van der Waals surface area contributed by atoms with E-state index in [0.717, 1.165) is 0 Å². The molecule has 0 heterocycles. The van der Waals surface area contributed by atoms with Crippen LogP contribution < -0.4 is 0 Å². The Morgan fingerprint density at radius 1 is 1.00 bits per heavy atom. The second kappa shape index (κ2) is 7.93. The maximum atomic E-state index is 12.4. The summed E-state index contributed by atoms with van der Waals surface area (Å²) in [4.78, 5) is 11.9. The average Bonchev–Trinajstić information content (AvgIpc) is 2.48. The molecule has 0 aliphatic carbocycles. The van der Waals surface area contributed by atoms with Crippen LogP contribution in [0.25, 0.3) is 0 Å². The van der Waals surface area contributed by atoms with Crippen molar-refractivity contribution in [2.75, 3.05) is 35.5 Å². The zero-order valence-corrected chi connectivity index (χ0v) is 13.6. The smallest absolute Gasteiger partial charge is 0.331 e. The van der Waals surface area contributed by atoms with E-state index in [4.69, 9.17) is 23.7 Å². The minimum absolute atomic E-state index is 0.141. The predicted molar refractivity (Wildman–Crippen MR) is 72.6 cm³/mol. The van der Waals surface area contributed by atoms with Gasteiger partial charge in [0, 0.05) is 41.1 Å². The lowest BCUT2D eigenvalue weighted by molar-refractivity contribution is -0.377. The molecule has 0 fully saturated rings. The topological polar surface area (TPSA) is 80.3 Å². The fourth-order valence-electron chi connectivity index (χ4n) is 1.53. The predicted octanol–water partition coefficient (Wildman–Crippen LogP) is 1.85. The Kier molecular flexibility index (Phi) is 7.65. The van der Waals surface area contributed by atoms with Crippen molar-refractivity contribution in [3.8, 4) is 0 Å². The lowest BCUT2D eigenvalue weighted by Gasteiger charge is -2.32. The summed E-state index contributed by atoms with van der Waals surface area (Å²) in [5.41, 5.74) is -2.25. The van der Waals surface area contributed by atoms with E-state index < -0.39 is 24.8 Å². The minimum Gasteiger partial charge on any atom is -0.331 e. The summed E-state index contributed by atoms with van der Waals surface area (Å²) in [6, 6.07) is 0. The quantitative estimate of drug-likeness (QED) is 0.346. The first kappa shape index (κ1) is 19.3. The second-order valence-electron chi connectivity index (χ2n) is 3.97. The Morgan fingerprint density at radius 3 is 1.65 bits per heavy atom. The van der Waals surface area contributed by atoms with Gasteiger partial charge in [-0.1, -0.05) is 11.1 Å². The van der Waals surface area contributed by atoms with Gasteiger partial charge in [0.15, 0.2) is 0 Å². The maximum Gasteiger partial charge on any atom is 0.486 e. The highest BCUT2D eigenvalue weighted by molar-refractivity contribution is 7.65. The maximum absolute atomic E-state index is 12.4. The number of ether oxygens (including phenoxy) is 5. The zero-order chi connectivity index (χ0) is 16.0. The first-order chi connectivity index (χ1) is 9.28. The molecule has 0 amide bonds. The van der Waals surface area contributed by atoms with Crippen LogP contribution in [-0.2, 0) is 33.0 Å². The number of allylic oxidation sites excluding steroid dienone is 1. The Balaban J connectivity index is 5.56. The summed E-state index contributed by atoms with van der Waals surface area (Å²) in [6.07, 6.45) is -0.231. The number of hydrogen-bond donors (Lipinski definition) is 0. The Labute approximate surface area is 119 Å². The molecular formula is C12H22O7P+. The molecule has 0 spiro atoms. The summed E-state index contributed by atoms with van der Waals surface area (Å²) in [5, 5.41) is 0. The molecule has 8 heteroatoms. The summed E-state index contributed by atoms with van der Waals surface area (Å²) >= 11 is 0. The number of carbonyl (C=O) groups is 1. The molecule has 0 aromatic rings. The minimum atomic E-state index is -2.58. The van der Waals surface area contributed by atoms with E-state index in [1.54, 1.807) is 0 Å². The molecule has 0 aliphatic heterocycles. The monoisotopic (exact) mass is 309 g/mol. The molecule has 7 nitrogen and oxygen atoms in total. The summed E-state index contributed by atoms with van der Waals surface area (Å²) in [5.74, 6) is -1.55. The van der Waals surface area contributed by atoms with Gasteiger partial charge in [-0.2, -0.15) is 0 Å². The first-order valence-corrected chi connectivity index (χ1v) is 6.97. The van der Waals surface area contributed by atoms with Crippen LogP contribution >= 0.6 is 7.80 Å². The molecule has 0 aromatic heterocycles. The van der Waals surface area contributed by atoms with Gasteiger partial charge in [0.05, 0.1) is 0 Å². The Morgan fingerprint density at radius 2 is 1.40 bits per heavy atom. The largest absolute Gasteiger partial charge is 0.486 e. The average molecular weight is 309 g/mol. The van der Waals surface area contributed by atoms with E-state index in [9.17, 15) is 9.36 Å². The molecule has 0 radical (unpaired) electrons. The van der Waals surface area contributed by atoms with Crippen molar-refractivity contribution < 1.29 is 33.0 Å². The highest BCUT2D eigenvalue weighted by atomic mass is 31.1. The third-order valence-electron chi connectivity index (χ3n) is 2.87. The number of rotatable bonds is 10. The Bertz CT molecular complexity index is 364. The van der Waals surface area contributed by atoms with Gasteiger partial charge in [-0.15, -0.1) is 0 Å². The van der Waals surface area contributed by atoms with Gasteiger partial charge >= 0.3 is 18.9 Å². The van der Waals surface area contributed by atoms with Crippen LogP contribution in [-0.4, -0.2) is 52.6 Å². The highest BCUT2D eigenvalue weighted by Gasteiger charge is 2.61. The van der Waals surface area contributed by atoms with E-state index in [-0.39, 0.29) is 12.0 Å². The first-order valence-electron chi connectivity index (χ1n) is 5.71. The Hall–Kier alpha value is -0.690. The molecule has 0 N–H and O–H groups in total. The SMILES string of the molecule is C=C(C)C(=O)[P+](=O)C(CC(OC)(OC)OC)(OC)OC. The second-order valence-corrected chi connectivity index (χ2v) is 5.65. The normalized spacial score (nSPS) is 13.2. The molecule has 1 unspecified atom stereocenters. The standard InChI is InChI=1S/C12H22O7P/c1-9(2)10(13)20(14)12(18-6,19-7)8-11(15-3,16-4)17-5/h1,8H2,2-7H3/q+1. The van der Waals surface area contributed by atoms with Gasteiger partial charge < -0.3 is 23.7 Å². The van der Waals surface area contributed by atoms with E-state index in [1.165, 1.54) is 42.5 Å². The molecule has 1 atom stereocenters. The van der Waals surface area contributed by atoms with Crippen molar-refractivity contribution in [3.05, 3.63) is 12.2 Å². The molecule has 0 saturated carbocycles. The van der Waals surface area contributed by atoms with Crippen molar-refractivity contribution in [3.63, 3.8) is 0 Å². The zero-order valence-electron chi connectivity index (χ0n) is 12.7. The van der Waals surface area contributed by atoms with Crippen molar-refractivity contribution in [1.82, 2.24) is 0 Å². The molecule has 0 rings (SSSR count). The van der Waals surface area contributed by atoms with Crippen molar-refractivity contribution in [2.24, 2.45) is 0 Å². The van der Waals surface area contributed by atoms with E-state index in [2.05, 4.69) is 6.58 Å². The van der Waals surface area contributed by atoms with Gasteiger partial charge in [0.25, 0.3) is 5.97 Å². The summed E-state index contributed by atoms with van der Waals surface area (Å²) in [7, 11) is 3.99. The molecule has 116 valence electrons. The fourth-order valence-corrected chi connectivity index (χ4v) is 2.86. The fraction of sp³-hybridized carbons (Fsp3) is 0.750. The van der Waals surface area contributed by atoms with Gasteiger partial charge in [0.2, 0.25) is 0 Å². The lowest BCUT2D eigenvalue weighted by atomic mass is 10.3. The van der Waals surface area contributed by atoms with Crippen LogP contribution in [0.4, 0.5) is 0 Å². The van der Waals surface area contributed by atoms with Crippen LogP contribution in [0, 0.1) is 0 Å². The molecule has 0 bridgehead atoms. The molecular weight excluding hydrogens is 287 g/mol. The van der Waals surface area contributed by atoms with Gasteiger partial charge in [0.1, 0.15) is 6.42 Å². The van der Waals surface area contributed by atoms with Gasteiger partial charge in [-0.3, -0.25) is 0 Å². The highest BCUT2D eigenvalue weighted by Crippen LogP contribution is 2.48. The van der Waals surface area contributed by atoms with Crippen molar-refractivity contribution in [2.45, 2.75) is 24.8 Å². The number of hydrogen-bond acceptors (Lipinski definition) is 7. The van der Waals surface area contributed by atoms with Crippen LogP contribution in [0.1, 0.15) is 13.3 Å². The van der Waals surface area contributed by atoms with Crippen molar-refractivity contribution in [1.29, 1.82) is 0 Å². The van der Waals surface area contributed by atoms with Crippen LogP contribution in [0.3, 0.4) is 0 Å². The molecule has 0 aromatic carbocycles. The van der Waals surface area contributed by atoms with Crippen LogP contribution in [0.2, 0.25) is 0 Å². The summed E-state index contributed by atoms with van der Waals surface area (Å²) in [6.45, 7) is 4.94. The van der Waals surface area contributed by atoms with E-state index in [0.29, 0.717) is 0 Å². The molecule has 0 saturated heterocycles. The molecule has 20 heavy (non-hydrogen) atoms. The number of methoxy groups -OCH3 is 5. The van der Waals surface area contributed by atoms with E-state index in [1.807, 2.05) is 0 Å². The third kappa shape index (κ3) is 3.91. The van der Waals surface area contributed by atoms with Crippen LogP contribution in [0.5, 0.6) is 0 Å². The van der Waals surface area contributed by atoms with E-state index >= 15 is 0 Å². The van der Waals surface area contributed by atoms with Gasteiger partial charge in [-0.05, 0) is 6.92 Å². The summed E-state index contributed by atoms with van der Waals surface area (Å²) < 4.78 is 38.1. The van der Waals surface area contributed by atoms with Crippen LogP contribution in [0.15, 0.2) is 12.2 Å².